The number of nitro benzene ring substituents is 1. The highest BCUT2D eigenvalue weighted by atomic mass is 16.6. The molecule has 102 valence electrons. The molecule has 1 aliphatic rings. The first kappa shape index (κ1) is 13.1. The van der Waals surface area contributed by atoms with E-state index in [1.54, 1.807) is 0 Å². The van der Waals surface area contributed by atoms with Crippen LogP contribution in [0.2, 0.25) is 0 Å². The minimum atomic E-state index is -0.541. The van der Waals surface area contributed by atoms with Crippen molar-refractivity contribution in [1.82, 2.24) is 0 Å². The largest absolute Gasteiger partial charge is 0.487 e. The van der Waals surface area contributed by atoms with Gasteiger partial charge in [0.25, 0.3) is 0 Å². The van der Waals surface area contributed by atoms with Crippen molar-refractivity contribution in [3.8, 4) is 5.75 Å². The molecule has 1 aromatic carbocycles. The number of hydrogen-bond acceptors (Lipinski definition) is 5. The molecule has 1 saturated carbocycles. The van der Waals surface area contributed by atoms with Crippen molar-refractivity contribution in [3.63, 3.8) is 0 Å². The van der Waals surface area contributed by atoms with Crippen LogP contribution in [0.4, 0.5) is 5.69 Å². The monoisotopic (exact) mass is 265 g/mol. The third-order valence-electron chi connectivity index (χ3n) is 3.04. The van der Waals surface area contributed by atoms with Crippen LogP contribution in [0.15, 0.2) is 23.4 Å². The number of amidine groups is 1. The van der Waals surface area contributed by atoms with Gasteiger partial charge in [-0.3, -0.25) is 10.1 Å². The summed E-state index contributed by atoms with van der Waals surface area (Å²) in [5, 5.41) is 22.3. The molecular formula is C12H15N3O4. The zero-order chi connectivity index (χ0) is 13.8. The Balaban J connectivity index is 2.14. The summed E-state index contributed by atoms with van der Waals surface area (Å²) in [4.78, 5) is 10.4. The summed E-state index contributed by atoms with van der Waals surface area (Å²) in [6.45, 7) is 0.467. The summed E-state index contributed by atoms with van der Waals surface area (Å²) >= 11 is 0. The van der Waals surface area contributed by atoms with Crippen LogP contribution < -0.4 is 10.5 Å². The van der Waals surface area contributed by atoms with Gasteiger partial charge in [-0.15, -0.1) is 0 Å². The molecule has 0 aromatic heterocycles. The molecular weight excluding hydrogens is 250 g/mol. The van der Waals surface area contributed by atoms with Crippen molar-refractivity contribution in [2.75, 3.05) is 6.61 Å². The third-order valence-corrected chi connectivity index (χ3v) is 3.04. The van der Waals surface area contributed by atoms with E-state index < -0.39 is 4.92 Å². The Bertz CT molecular complexity index is 512. The van der Waals surface area contributed by atoms with Crippen molar-refractivity contribution < 1.29 is 14.9 Å². The summed E-state index contributed by atoms with van der Waals surface area (Å²) in [5.74, 6) is 0.739. The second-order valence-electron chi connectivity index (χ2n) is 4.51. The van der Waals surface area contributed by atoms with E-state index in [0.29, 0.717) is 12.5 Å². The number of benzene rings is 1. The number of nitrogens with zero attached hydrogens (tertiary/aromatic N) is 2. The molecule has 7 heteroatoms. The van der Waals surface area contributed by atoms with Crippen LogP contribution in [0, 0.1) is 16.0 Å². The standard InChI is InChI=1S/C12H15N3O4/c13-12(14-16)9-3-4-11(10(7-9)15(17)18)19-6-5-8-1-2-8/h3-4,7-8,16H,1-2,5-6H2,(H2,13,14). The fourth-order valence-electron chi connectivity index (χ4n) is 1.74. The second-order valence-corrected chi connectivity index (χ2v) is 4.51. The van der Waals surface area contributed by atoms with Gasteiger partial charge in [-0.2, -0.15) is 0 Å². The molecule has 0 saturated heterocycles. The van der Waals surface area contributed by atoms with Crippen molar-refractivity contribution in [1.29, 1.82) is 0 Å². The van der Waals surface area contributed by atoms with Crippen LogP contribution >= 0.6 is 0 Å². The van der Waals surface area contributed by atoms with Crippen LogP contribution in [0.1, 0.15) is 24.8 Å². The van der Waals surface area contributed by atoms with Crippen LogP contribution in [-0.4, -0.2) is 22.6 Å². The Morgan fingerprint density at radius 3 is 2.89 bits per heavy atom. The average Bonchev–Trinajstić information content (AvgIpc) is 3.22. The highest BCUT2D eigenvalue weighted by molar-refractivity contribution is 5.97. The van der Waals surface area contributed by atoms with Crippen LogP contribution in [0.25, 0.3) is 0 Å². The second kappa shape index (κ2) is 5.55. The summed E-state index contributed by atoms with van der Waals surface area (Å²) in [6, 6.07) is 4.23. The maximum Gasteiger partial charge on any atom is 0.311 e. The van der Waals surface area contributed by atoms with Gasteiger partial charge in [0.1, 0.15) is 0 Å². The molecule has 7 nitrogen and oxygen atoms in total. The lowest BCUT2D eigenvalue weighted by atomic mass is 10.1. The fraction of sp³-hybridized carbons (Fsp3) is 0.417. The minimum Gasteiger partial charge on any atom is -0.487 e. The van der Waals surface area contributed by atoms with Gasteiger partial charge in [0.2, 0.25) is 0 Å². The number of nitrogens with two attached hydrogens (primary N) is 1. The summed E-state index contributed by atoms with van der Waals surface area (Å²) in [7, 11) is 0. The van der Waals surface area contributed by atoms with Gasteiger partial charge in [-0.05, 0) is 24.5 Å². The van der Waals surface area contributed by atoms with E-state index in [9.17, 15) is 10.1 Å². The molecule has 19 heavy (non-hydrogen) atoms. The van der Waals surface area contributed by atoms with Gasteiger partial charge >= 0.3 is 5.69 Å². The third kappa shape index (κ3) is 3.34. The van der Waals surface area contributed by atoms with Crippen LogP contribution in [0.5, 0.6) is 5.75 Å². The van der Waals surface area contributed by atoms with Gasteiger partial charge in [-0.25, -0.2) is 0 Å². The Hall–Kier alpha value is -2.31. The predicted molar refractivity (Wildman–Crippen MR) is 68.4 cm³/mol. The maximum absolute atomic E-state index is 11.0. The number of oxime groups is 1. The molecule has 2 rings (SSSR count). The van der Waals surface area contributed by atoms with Crippen molar-refractivity contribution in [2.45, 2.75) is 19.3 Å². The lowest BCUT2D eigenvalue weighted by Crippen LogP contribution is -2.13. The fourth-order valence-corrected chi connectivity index (χ4v) is 1.74. The Kier molecular flexibility index (Phi) is 3.84. The Labute approximate surface area is 109 Å². The van der Waals surface area contributed by atoms with E-state index in [1.165, 1.54) is 31.0 Å². The summed E-state index contributed by atoms with van der Waals surface area (Å²) in [6.07, 6.45) is 3.35. The molecule has 0 unspecified atom stereocenters. The first-order chi connectivity index (χ1) is 9.11. The van der Waals surface area contributed by atoms with E-state index in [4.69, 9.17) is 15.7 Å². The average molecular weight is 265 g/mol. The maximum atomic E-state index is 11.0. The number of hydrogen-bond donors (Lipinski definition) is 2. The minimum absolute atomic E-state index is 0.173. The first-order valence-electron chi connectivity index (χ1n) is 6.01. The molecule has 0 aliphatic heterocycles. The predicted octanol–water partition coefficient (Wildman–Crippen LogP) is 1.87. The molecule has 0 spiro atoms. The molecule has 0 bridgehead atoms. The zero-order valence-corrected chi connectivity index (χ0v) is 10.3. The first-order valence-corrected chi connectivity index (χ1v) is 6.01. The highest BCUT2D eigenvalue weighted by Crippen LogP contribution is 2.33. The van der Waals surface area contributed by atoms with E-state index in [1.807, 2.05) is 0 Å². The summed E-state index contributed by atoms with van der Waals surface area (Å²) in [5.41, 5.74) is 5.50. The van der Waals surface area contributed by atoms with Crippen LogP contribution in [-0.2, 0) is 0 Å². The molecule has 0 radical (unpaired) electrons. The van der Waals surface area contributed by atoms with Gasteiger partial charge in [0.15, 0.2) is 11.6 Å². The van der Waals surface area contributed by atoms with E-state index >= 15 is 0 Å². The molecule has 1 aliphatic carbocycles. The Morgan fingerprint density at radius 1 is 1.58 bits per heavy atom. The number of nitro groups is 1. The molecule has 3 N–H and O–H groups in total. The van der Waals surface area contributed by atoms with Crippen LogP contribution in [0.3, 0.4) is 0 Å². The van der Waals surface area contributed by atoms with Crippen molar-refractivity contribution in [2.24, 2.45) is 16.8 Å². The lowest BCUT2D eigenvalue weighted by Gasteiger charge is -2.07. The normalized spacial score (nSPS) is 15.3. The van der Waals surface area contributed by atoms with Gasteiger partial charge in [0, 0.05) is 11.6 Å². The van der Waals surface area contributed by atoms with E-state index in [-0.39, 0.29) is 22.8 Å². The van der Waals surface area contributed by atoms with Crippen molar-refractivity contribution in [3.05, 3.63) is 33.9 Å². The number of ether oxygens (including phenoxy) is 1. The molecule has 1 aromatic rings. The molecule has 0 heterocycles. The quantitative estimate of drug-likeness (QED) is 0.268. The molecule has 0 amide bonds. The summed E-state index contributed by atoms with van der Waals surface area (Å²) < 4.78 is 5.43. The highest BCUT2D eigenvalue weighted by Gasteiger charge is 2.22. The van der Waals surface area contributed by atoms with Gasteiger partial charge < -0.3 is 15.7 Å². The zero-order valence-electron chi connectivity index (χ0n) is 10.3. The molecule has 0 atom stereocenters. The Morgan fingerprint density at radius 2 is 2.32 bits per heavy atom. The van der Waals surface area contributed by atoms with Crippen molar-refractivity contribution >= 4 is 11.5 Å². The SMILES string of the molecule is NC(=NO)c1ccc(OCCC2CC2)c([N+](=O)[O-])c1. The number of rotatable bonds is 6. The smallest absolute Gasteiger partial charge is 0.311 e. The topological polar surface area (TPSA) is 111 Å². The van der Waals surface area contributed by atoms with E-state index in [0.717, 1.165) is 6.42 Å². The molecule has 1 fully saturated rings. The van der Waals surface area contributed by atoms with Gasteiger partial charge in [0.05, 0.1) is 11.5 Å². The van der Waals surface area contributed by atoms with E-state index in [2.05, 4.69) is 5.16 Å². The van der Waals surface area contributed by atoms with Gasteiger partial charge in [-0.1, -0.05) is 18.0 Å². The lowest BCUT2D eigenvalue weighted by molar-refractivity contribution is -0.385.